The first-order valence-electron chi connectivity index (χ1n) is 4.40. The first-order valence-corrected chi connectivity index (χ1v) is 4.78. The zero-order valence-corrected chi connectivity index (χ0v) is 9.77. The molecular formula is C9H13ClF2N2O. The Hall–Kier alpha value is -0.840. The minimum absolute atomic E-state index is 0.0541. The Labute approximate surface area is 92.0 Å². The van der Waals surface area contributed by atoms with Gasteiger partial charge in [0.2, 0.25) is 0 Å². The Kier molecular flexibility index (Phi) is 3.23. The number of ether oxygens (including phenoxy) is 1. The van der Waals surface area contributed by atoms with Crippen molar-refractivity contribution in [2.45, 2.75) is 32.7 Å². The van der Waals surface area contributed by atoms with E-state index in [-0.39, 0.29) is 10.9 Å². The zero-order valence-electron chi connectivity index (χ0n) is 9.01. The molecule has 1 heterocycles. The first-order chi connectivity index (χ1) is 6.79. The summed E-state index contributed by atoms with van der Waals surface area (Å²) in [5.74, 6) is -0.0541. The van der Waals surface area contributed by atoms with Crippen molar-refractivity contribution in [3.05, 3.63) is 10.8 Å². The minimum atomic E-state index is -2.69. The normalized spacial score (nSPS) is 12.3. The van der Waals surface area contributed by atoms with Crippen LogP contribution in [-0.2, 0) is 5.54 Å². The number of aromatic nitrogens is 2. The summed E-state index contributed by atoms with van der Waals surface area (Å²) in [5, 5.41) is 3.86. The molecule has 0 aromatic carbocycles. The van der Waals surface area contributed by atoms with Gasteiger partial charge in [-0.15, -0.1) is 0 Å². The van der Waals surface area contributed by atoms with Crippen molar-refractivity contribution in [2.75, 3.05) is 7.11 Å². The maximum absolute atomic E-state index is 12.6. The molecule has 1 aromatic heterocycles. The maximum atomic E-state index is 12.6. The van der Waals surface area contributed by atoms with E-state index in [1.165, 1.54) is 11.8 Å². The lowest BCUT2D eigenvalue weighted by Crippen LogP contribution is -2.23. The Morgan fingerprint density at radius 3 is 2.20 bits per heavy atom. The number of hydrogen-bond acceptors (Lipinski definition) is 2. The third-order valence-corrected chi connectivity index (χ3v) is 2.19. The Balaban J connectivity index is 3.34. The molecule has 0 atom stereocenters. The summed E-state index contributed by atoms with van der Waals surface area (Å²) in [4.78, 5) is 0. The molecule has 0 saturated heterocycles. The highest BCUT2D eigenvalue weighted by atomic mass is 35.5. The van der Waals surface area contributed by atoms with Crippen LogP contribution >= 0.6 is 11.6 Å². The Morgan fingerprint density at radius 1 is 1.40 bits per heavy atom. The molecule has 0 bridgehead atoms. The fraction of sp³-hybridized carbons (Fsp3) is 0.667. The number of hydrogen-bond donors (Lipinski definition) is 0. The van der Waals surface area contributed by atoms with E-state index in [0.29, 0.717) is 0 Å². The van der Waals surface area contributed by atoms with Gasteiger partial charge in [-0.05, 0) is 20.8 Å². The van der Waals surface area contributed by atoms with Crippen LogP contribution in [0.1, 0.15) is 32.9 Å². The molecule has 0 aliphatic heterocycles. The van der Waals surface area contributed by atoms with Crippen LogP contribution in [-0.4, -0.2) is 16.9 Å². The van der Waals surface area contributed by atoms with Crippen molar-refractivity contribution in [1.29, 1.82) is 0 Å². The van der Waals surface area contributed by atoms with E-state index in [9.17, 15) is 8.78 Å². The molecule has 0 N–H and O–H groups in total. The van der Waals surface area contributed by atoms with Crippen molar-refractivity contribution < 1.29 is 13.5 Å². The lowest BCUT2D eigenvalue weighted by molar-refractivity contribution is 0.140. The highest BCUT2D eigenvalue weighted by Gasteiger charge is 2.28. The van der Waals surface area contributed by atoms with Crippen molar-refractivity contribution in [3.8, 4) is 5.75 Å². The third kappa shape index (κ3) is 2.22. The lowest BCUT2D eigenvalue weighted by atomic mass is 10.1. The summed E-state index contributed by atoms with van der Waals surface area (Å²) in [5.41, 5.74) is -0.880. The van der Waals surface area contributed by atoms with Gasteiger partial charge >= 0.3 is 0 Å². The summed E-state index contributed by atoms with van der Waals surface area (Å²) in [6.45, 7) is 5.46. The van der Waals surface area contributed by atoms with E-state index in [1.54, 1.807) is 0 Å². The highest BCUT2D eigenvalue weighted by Crippen LogP contribution is 2.37. The Morgan fingerprint density at radius 2 is 1.93 bits per heavy atom. The molecule has 0 saturated carbocycles. The molecule has 15 heavy (non-hydrogen) atoms. The topological polar surface area (TPSA) is 27.1 Å². The molecule has 0 aliphatic rings. The standard InChI is InChI=1S/C9H13ClF2N2O/c1-9(2,3)14-7(10)6(15-4)5(13-14)8(11)12/h8H,1-4H3. The summed E-state index contributed by atoms with van der Waals surface area (Å²) in [6.07, 6.45) is -2.69. The second-order valence-corrected chi connectivity index (χ2v) is 4.45. The quantitative estimate of drug-likeness (QED) is 0.791. The highest BCUT2D eigenvalue weighted by molar-refractivity contribution is 6.31. The van der Waals surface area contributed by atoms with E-state index in [2.05, 4.69) is 5.10 Å². The van der Waals surface area contributed by atoms with E-state index in [4.69, 9.17) is 16.3 Å². The molecule has 0 unspecified atom stereocenters. The predicted molar refractivity (Wildman–Crippen MR) is 53.7 cm³/mol. The first kappa shape index (κ1) is 12.2. The van der Waals surface area contributed by atoms with Crippen LogP contribution in [0.5, 0.6) is 5.75 Å². The van der Waals surface area contributed by atoms with Gasteiger partial charge in [0.1, 0.15) is 0 Å². The van der Waals surface area contributed by atoms with Crippen LogP contribution < -0.4 is 4.74 Å². The largest absolute Gasteiger partial charge is 0.491 e. The minimum Gasteiger partial charge on any atom is -0.491 e. The average Bonchev–Trinajstić information content (AvgIpc) is 2.41. The van der Waals surface area contributed by atoms with E-state index < -0.39 is 17.7 Å². The van der Waals surface area contributed by atoms with Crippen LogP contribution in [0.3, 0.4) is 0 Å². The second-order valence-electron chi connectivity index (χ2n) is 4.09. The smallest absolute Gasteiger partial charge is 0.285 e. The van der Waals surface area contributed by atoms with Crippen LogP contribution in [0.15, 0.2) is 0 Å². The lowest BCUT2D eigenvalue weighted by Gasteiger charge is -2.19. The molecule has 1 aromatic rings. The van der Waals surface area contributed by atoms with Gasteiger partial charge in [-0.25, -0.2) is 13.5 Å². The van der Waals surface area contributed by atoms with Crippen LogP contribution in [0, 0.1) is 0 Å². The maximum Gasteiger partial charge on any atom is 0.285 e. The molecule has 0 amide bonds. The van der Waals surface area contributed by atoms with Crippen LogP contribution in [0.4, 0.5) is 8.78 Å². The van der Waals surface area contributed by atoms with E-state index in [0.717, 1.165) is 0 Å². The number of alkyl halides is 2. The summed E-state index contributed by atoms with van der Waals surface area (Å²) in [7, 11) is 1.29. The van der Waals surface area contributed by atoms with Gasteiger partial charge in [0.15, 0.2) is 16.6 Å². The number of nitrogens with zero attached hydrogens (tertiary/aromatic N) is 2. The average molecular weight is 239 g/mol. The Bertz CT molecular complexity index is 358. The van der Waals surface area contributed by atoms with Gasteiger partial charge in [-0.2, -0.15) is 5.10 Å². The van der Waals surface area contributed by atoms with E-state index >= 15 is 0 Å². The van der Waals surface area contributed by atoms with Gasteiger partial charge in [-0.1, -0.05) is 11.6 Å². The molecule has 1 rings (SSSR count). The molecule has 3 nitrogen and oxygen atoms in total. The fourth-order valence-corrected chi connectivity index (χ4v) is 1.64. The summed E-state index contributed by atoms with van der Waals surface area (Å²) < 4.78 is 31.3. The fourth-order valence-electron chi connectivity index (χ4n) is 1.17. The van der Waals surface area contributed by atoms with Crippen LogP contribution in [0.2, 0.25) is 5.15 Å². The van der Waals surface area contributed by atoms with Crippen molar-refractivity contribution in [1.82, 2.24) is 9.78 Å². The SMILES string of the molecule is COc1c(C(F)F)nn(C(C)(C)C)c1Cl. The number of rotatable bonds is 2. The predicted octanol–water partition coefficient (Wildman–Crippen LogP) is 3.24. The molecular weight excluding hydrogens is 226 g/mol. The molecule has 86 valence electrons. The second kappa shape index (κ2) is 3.96. The summed E-state index contributed by atoms with van der Waals surface area (Å²) in [6, 6.07) is 0. The number of methoxy groups -OCH3 is 1. The van der Waals surface area contributed by atoms with Gasteiger partial charge in [0.05, 0.1) is 12.6 Å². The third-order valence-electron chi connectivity index (χ3n) is 1.86. The van der Waals surface area contributed by atoms with Gasteiger partial charge in [0, 0.05) is 0 Å². The summed E-state index contributed by atoms with van der Waals surface area (Å²) >= 11 is 5.90. The van der Waals surface area contributed by atoms with Gasteiger partial charge in [-0.3, -0.25) is 0 Å². The zero-order chi connectivity index (χ0) is 11.8. The molecule has 0 aliphatic carbocycles. The molecule has 0 fully saturated rings. The number of halogens is 3. The van der Waals surface area contributed by atoms with Crippen molar-refractivity contribution >= 4 is 11.6 Å². The van der Waals surface area contributed by atoms with Gasteiger partial charge in [0.25, 0.3) is 6.43 Å². The molecule has 0 radical (unpaired) electrons. The monoisotopic (exact) mass is 238 g/mol. The van der Waals surface area contributed by atoms with Crippen LogP contribution in [0.25, 0.3) is 0 Å². The van der Waals surface area contributed by atoms with Crippen molar-refractivity contribution in [2.24, 2.45) is 0 Å². The molecule has 6 heteroatoms. The van der Waals surface area contributed by atoms with Gasteiger partial charge < -0.3 is 4.74 Å². The molecule has 0 spiro atoms. The van der Waals surface area contributed by atoms with E-state index in [1.807, 2.05) is 20.8 Å². The van der Waals surface area contributed by atoms with Crippen molar-refractivity contribution in [3.63, 3.8) is 0 Å².